The molecule has 0 aliphatic heterocycles. The Morgan fingerprint density at radius 2 is 1.20 bits per heavy atom. The zero-order chi connectivity index (χ0) is 32.9. The van der Waals surface area contributed by atoms with E-state index in [4.69, 9.17) is 9.84 Å². The number of carboxylic acid groups (broad SMARTS) is 1. The van der Waals surface area contributed by atoms with Crippen molar-refractivity contribution in [2.75, 3.05) is 19.8 Å². The van der Waals surface area contributed by atoms with Crippen LogP contribution in [0.25, 0.3) is 0 Å². The van der Waals surface area contributed by atoms with Gasteiger partial charge in [0.1, 0.15) is 12.7 Å². The lowest BCUT2D eigenvalue weighted by Crippen LogP contribution is -2.43. The van der Waals surface area contributed by atoms with Crippen molar-refractivity contribution in [2.45, 2.75) is 90.2 Å². The summed E-state index contributed by atoms with van der Waals surface area (Å²) in [5.41, 5.74) is 0. The van der Waals surface area contributed by atoms with Crippen molar-refractivity contribution in [1.29, 1.82) is 0 Å². The minimum atomic E-state index is -4.74. The number of aliphatic hydroxyl groups is 1. The minimum Gasteiger partial charge on any atom is -0.480 e. The van der Waals surface area contributed by atoms with Crippen LogP contribution in [0.5, 0.6) is 0 Å². The van der Waals surface area contributed by atoms with E-state index in [1.807, 2.05) is 18.2 Å². The van der Waals surface area contributed by atoms with E-state index in [2.05, 4.69) is 76.0 Å². The lowest BCUT2D eigenvalue weighted by atomic mass is 10.2. The molecule has 1 amide bonds. The molecule has 4 N–H and O–H groups in total. The lowest BCUT2D eigenvalue weighted by molar-refractivity contribution is -0.147. The molecule has 0 aliphatic carbocycles. The molecule has 0 spiro atoms. The quantitative estimate of drug-likeness (QED) is 0.0510. The van der Waals surface area contributed by atoms with Gasteiger partial charge in [-0.25, -0.2) is 9.36 Å². The number of ether oxygens (including phenoxy) is 1. The molecule has 3 unspecified atom stereocenters. The number of carboxylic acids is 1. The second kappa shape index (κ2) is 27.5. The number of esters is 1. The second-order valence-electron chi connectivity index (χ2n) is 9.56. The number of allylic oxidation sites excluding steroid dienone is 12. The van der Waals surface area contributed by atoms with Gasteiger partial charge in [0, 0.05) is 12.8 Å². The van der Waals surface area contributed by atoms with E-state index < -0.39 is 57.6 Å². The number of carbonyl (C=O) groups is 3. The molecule has 248 valence electrons. The summed E-state index contributed by atoms with van der Waals surface area (Å²) in [5.74, 6) is -2.56. The van der Waals surface area contributed by atoms with E-state index in [9.17, 15) is 28.9 Å². The van der Waals surface area contributed by atoms with Crippen molar-refractivity contribution < 1.29 is 47.8 Å². The number of nitrogens with one attached hydrogen (secondary N) is 1. The smallest absolute Gasteiger partial charge is 0.472 e. The fourth-order valence-corrected chi connectivity index (χ4v) is 3.98. The highest BCUT2D eigenvalue weighted by atomic mass is 31.2. The van der Waals surface area contributed by atoms with Crippen molar-refractivity contribution in [3.8, 4) is 0 Å². The Labute approximate surface area is 261 Å². The first kappa shape index (κ1) is 40.9. The monoisotopic (exact) mass is 639 g/mol. The molecule has 0 bridgehead atoms. The van der Waals surface area contributed by atoms with Gasteiger partial charge >= 0.3 is 19.8 Å². The van der Waals surface area contributed by atoms with E-state index in [1.165, 1.54) is 0 Å². The van der Waals surface area contributed by atoms with E-state index in [-0.39, 0.29) is 12.8 Å². The van der Waals surface area contributed by atoms with Gasteiger partial charge < -0.3 is 25.2 Å². The van der Waals surface area contributed by atoms with Gasteiger partial charge in [0.2, 0.25) is 5.91 Å². The van der Waals surface area contributed by atoms with E-state index in [1.54, 1.807) is 6.92 Å². The highest BCUT2D eigenvalue weighted by Gasteiger charge is 2.28. The minimum absolute atomic E-state index is 0.0867. The Morgan fingerprint density at radius 3 is 1.68 bits per heavy atom. The van der Waals surface area contributed by atoms with Crippen LogP contribution in [0, 0.1) is 0 Å². The summed E-state index contributed by atoms with van der Waals surface area (Å²) in [5, 5.41) is 21.2. The third-order valence-corrected chi connectivity index (χ3v) is 6.44. The van der Waals surface area contributed by atoms with Crippen molar-refractivity contribution in [1.82, 2.24) is 5.32 Å². The lowest BCUT2D eigenvalue weighted by Gasteiger charge is -2.18. The van der Waals surface area contributed by atoms with Crippen LogP contribution in [0.15, 0.2) is 72.9 Å². The zero-order valence-corrected chi connectivity index (χ0v) is 26.8. The van der Waals surface area contributed by atoms with Crippen molar-refractivity contribution in [2.24, 2.45) is 0 Å². The van der Waals surface area contributed by atoms with Crippen LogP contribution in [0.4, 0.5) is 0 Å². The molecular weight excluding hydrogens is 589 g/mol. The molecule has 44 heavy (non-hydrogen) atoms. The number of hydrogen-bond donors (Lipinski definition) is 4. The van der Waals surface area contributed by atoms with Crippen LogP contribution in [0.1, 0.15) is 78.1 Å². The number of carbonyl (C=O) groups excluding carboxylic acids is 2. The van der Waals surface area contributed by atoms with Gasteiger partial charge in [-0.3, -0.25) is 18.6 Å². The summed E-state index contributed by atoms with van der Waals surface area (Å²) in [6, 6.07) is -1.55. The fraction of sp³-hybridized carbons (Fsp3) is 0.531. The van der Waals surface area contributed by atoms with Gasteiger partial charge in [0.15, 0.2) is 6.04 Å². The molecule has 11 nitrogen and oxygen atoms in total. The Kier molecular flexibility index (Phi) is 25.5. The molecule has 0 fully saturated rings. The molecule has 0 aromatic rings. The molecule has 0 aromatic carbocycles. The summed E-state index contributed by atoms with van der Waals surface area (Å²) >= 11 is 0. The maximum absolute atomic E-state index is 12.0. The number of hydrogen-bond acceptors (Lipinski definition) is 8. The first-order valence-corrected chi connectivity index (χ1v) is 16.5. The van der Waals surface area contributed by atoms with Gasteiger partial charge in [-0.15, -0.1) is 0 Å². The van der Waals surface area contributed by atoms with Gasteiger partial charge in [-0.1, -0.05) is 86.8 Å². The number of aliphatic hydroxyl groups excluding tert-OH is 1. The Balaban J connectivity index is 4.00. The molecule has 0 aliphatic rings. The molecule has 12 heteroatoms. The van der Waals surface area contributed by atoms with Crippen LogP contribution < -0.4 is 5.32 Å². The maximum atomic E-state index is 12.0. The normalized spacial score (nSPS) is 15.2. The fourth-order valence-electron chi connectivity index (χ4n) is 3.20. The number of phosphoric acid groups is 1. The van der Waals surface area contributed by atoms with Crippen LogP contribution >= 0.6 is 7.82 Å². The standard InChI is InChI=1S/C32H50NO10P/c1-3-5-6-7-8-9-10-11-12-13-14-15-16-17-18-19-20-21-22-24-31(36)41-25-28(34)26-42-44(39,40)43-27-29(32(37)38)33-30(35)23-4-2/h5-6,8-9,11-12,14-15,17-18,20-21,28-29,34H,3-4,7,10,13,16,19,22-27H2,1-2H3,(H,33,35)(H,37,38)(H,39,40)/b6-5-,9-8-,12-11-,15-14-,18-17-,21-20-. The van der Waals surface area contributed by atoms with Crippen molar-refractivity contribution >= 4 is 25.7 Å². The Bertz CT molecular complexity index is 1030. The van der Waals surface area contributed by atoms with Gasteiger partial charge in [-0.2, -0.15) is 0 Å². The van der Waals surface area contributed by atoms with Crippen LogP contribution in [0.2, 0.25) is 0 Å². The SMILES string of the molecule is CC/C=C\C/C=C\C/C=C\C/C=C\C/C=C\C/C=C\CCC(=O)OCC(O)COP(=O)(O)OCC(NC(=O)CCC)C(=O)O. The van der Waals surface area contributed by atoms with E-state index in [0.29, 0.717) is 12.8 Å². The van der Waals surface area contributed by atoms with Gasteiger partial charge in [-0.05, 0) is 51.4 Å². The van der Waals surface area contributed by atoms with E-state index >= 15 is 0 Å². The van der Waals surface area contributed by atoms with Crippen LogP contribution in [0.3, 0.4) is 0 Å². The number of phosphoric ester groups is 1. The third kappa shape index (κ3) is 26.5. The first-order valence-electron chi connectivity index (χ1n) is 15.0. The maximum Gasteiger partial charge on any atom is 0.472 e. The molecule has 0 heterocycles. The van der Waals surface area contributed by atoms with Crippen molar-refractivity contribution in [3.05, 3.63) is 72.9 Å². The van der Waals surface area contributed by atoms with Crippen LogP contribution in [-0.4, -0.2) is 64.9 Å². The number of rotatable bonds is 26. The molecule has 0 radical (unpaired) electrons. The Morgan fingerprint density at radius 1 is 0.727 bits per heavy atom. The zero-order valence-electron chi connectivity index (χ0n) is 25.9. The highest BCUT2D eigenvalue weighted by Crippen LogP contribution is 2.43. The average Bonchev–Trinajstić information content (AvgIpc) is 2.98. The topological polar surface area (TPSA) is 169 Å². The van der Waals surface area contributed by atoms with Crippen molar-refractivity contribution in [3.63, 3.8) is 0 Å². The molecule has 0 rings (SSSR count). The number of amides is 1. The summed E-state index contributed by atoms with van der Waals surface area (Å²) in [6.45, 7) is 1.87. The molecule has 0 saturated carbocycles. The highest BCUT2D eigenvalue weighted by molar-refractivity contribution is 7.47. The average molecular weight is 640 g/mol. The summed E-state index contributed by atoms with van der Waals surface area (Å²) < 4.78 is 26.1. The second-order valence-corrected chi connectivity index (χ2v) is 11.0. The molecule has 3 atom stereocenters. The predicted octanol–water partition coefficient (Wildman–Crippen LogP) is 5.87. The van der Waals surface area contributed by atoms with Crippen LogP contribution in [-0.2, 0) is 32.7 Å². The summed E-state index contributed by atoms with van der Waals surface area (Å²) in [6.07, 6.45) is 30.3. The van der Waals surface area contributed by atoms with E-state index in [0.717, 1.165) is 38.5 Å². The van der Waals surface area contributed by atoms with Gasteiger partial charge in [0.25, 0.3) is 0 Å². The molecule has 0 aromatic heterocycles. The largest absolute Gasteiger partial charge is 0.480 e. The predicted molar refractivity (Wildman–Crippen MR) is 171 cm³/mol. The molecule has 0 saturated heterocycles. The summed E-state index contributed by atoms with van der Waals surface area (Å²) in [4.78, 5) is 44.3. The first-order chi connectivity index (χ1) is 21.1. The third-order valence-electron chi connectivity index (χ3n) is 5.49. The van der Waals surface area contributed by atoms with Gasteiger partial charge in [0.05, 0.1) is 13.2 Å². The molecular formula is C32H50NO10P. The summed E-state index contributed by atoms with van der Waals surface area (Å²) in [7, 11) is -4.74. The Hall–Kier alpha value is -3.08. The number of aliphatic carboxylic acids is 1.